The van der Waals surface area contributed by atoms with E-state index in [4.69, 9.17) is 13.5 Å². The first kappa shape index (κ1) is 21.0. The lowest BCUT2D eigenvalue weighted by Gasteiger charge is -2.11. The van der Waals surface area contributed by atoms with Crippen molar-refractivity contribution in [2.24, 2.45) is 0 Å². The van der Waals surface area contributed by atoms with E-state index in [1.165, 1.54) is 0 Å². The molecule has 0 atom stereocenters. The summed E-state index contributed by atoms with van der Waals surface area (Å²) < 4.78 is 33.0. The van der Waals surface area contributed by atoms with Crippen LogP contribution in [0.15, 0.2) is 48.5 Å². The molecule has 0 radical (unpaired) electrons. The fourth-order valence-electron chi connectivity index (χ4n) is 2.23. The molecule has 7 heteroatoms. The summed E-state index contributed by atoms with van der Waals surface area (Å²) in [4.78, 5) is 2.04. The molecule has 0 aliphatic carbocycles. The second kappa shape index (κ2) is 10.1. The molecule has 6 nitrogen and oxygen atoms in total. The number of hydrogen-bond donors (Lipinski definition) is 1. The monoisotopic (exact) mass is 391 g/mol. The molecule has 146 valence electrons. The molecule has 0 bridgehead atoms. The first-order chi connectivity index (χ1) is 12.9. The van der Waals surface area contributed by atoms with E-state index in [1.54, 1.807) is 24.3 Å². The van der Waals surface area contributed by atoms with Gasteiger partial charge in [0.1, 0.15) is 5.75 Å². The van der Waals surface area contributed by atoms with Crippen LogP contribution in [0.2, 0.25) is 0 Å². The maximum Gasteiger partial charge on any atom is 0.449 e. The molecule has 1 N–H and O–H groups in total. The SMILES string of the molecule is CN(C)c1ccc(/C=C/c2ccc(OS(=O)(=O)OCCCCO)cc2)cc1. The third-order valence-corrected chi connectivity index (χ3v) is 4.59. The van der Waals surface area contributed by atoms with Crippen LogP contribution >= 0.6 is 0 Å². The Labute approximate surface area is 161 Å². The summed E-state index contributed by atoms with van der Waals surface area (Å²) in [5.41, 5.74) is 3.12. The summed E-state index contributed by atoms with van der Waals surface area (Å²) in [6.07, 6.45) is 4.84. The highest BCUT2D eigenvalue weighted by atomic mass is 32.3. The van der Waals surface area contributed by atoms with Gasteiger partial charge in [0.2, 0.25) is 0 Å². The lowest BCUT2D eigenvalue weighted by Crippen LogP contribution is -2.14. The highest BCUT2D eigenvalue weighted by Crippen LogP contribution is 2.18. The highest BCUT2D eigenvalue weighted by Gasteiger charge is 2.13. The summed E-state index contributed by atoms with van der Waals surface area (Å²) >= 11 is 0. The van der Waals surface area contributed by atoms with Gasteiger partial charge >= 0.3 is 10.4 Å². The summed E-state index contributed by atoms with van der Waals surface area (Å²) in [5.74, 6) is 0.185. The number of nitrogens with zero attached hydrogens (tertiary/aromatic N) is 1. The largest absolute Gasteiger partial charge is 0.449 e. The van der Waals surface area contributed by atoms with Gasteiger partial charge in [0.25, 0.3) is 0 Å². The van der Waals surface area contributed by atoms with Crippen molar-refractivity contribution in [1.82, 2.24) is 0 Å². The van der Waals surface area contributed by atoms with Crippen LogP contribution in [0, 0.1) is 0 Å². The fourth-order valence-corrected chi connectivity index (χ4v) is 2.94. The minimum absolute atomic E-state index is 0.000952. The van der Waals surface area contributed by atoms with Gasteiger partial charge in [-0.15, -0.1) is 0 Å². The van der Waals surface area contributed by atoms with Crippen molar-refractivity contribution in [2.45, 2.75) is 12.8 Å². The van der Waals surface area contributed by atoms with Crippen molar-refractivity contribution < 1.29 is 21.9 Å². The van der Waals surface area contributed by atoms with E-state index in [-0.39, 0.29) is 19.0 Å². The van der Waals surface area contributed by atoms with Crippen LogP contribution in [0.3, 0.4) is 0 Å². The van der Waals surface area contributed by atoms with Crippen LogP contribution in [0.25, 0.3) is 12.2 Å². The number of rotatable bonds is 10. The topological polar surface area (TPSA) is 76.1 Å². The zero-order valence-electron chi connectivity index (χ0n) is 15.5. The van der Waals surface area contributed by atoms with Crippen molar-refractivity contribution in [1.29, 1.82) is 0 Å². The number of anilines is 1. The van der Waals surface area contributed by atoms with Crippen LogP contribution in [0.4, 0.5) is 5.69 Å². The van der Waals surface area contributed by atoms with Crippen molar-refractivity contribution in [3.63, 3.8) is 0 Å². The molecule has 2 aromatic carbocycles. The van der Waals surface area contributed by atoms with Gasteiger partial charge in [0.05, 0.1) is 6.61 Å². The highest BCUT2D eigenvalue weighted by molar-refractivity contribution is 7.82. The van der Waals surface area contributed by atoms with E-state index >= 15 is 0 Å². The van der Waals surface area contributed by atoms with Gasteiger partial charge in [-0.25, -0.2) is 4.18 Å². The number of aliphatic hydroxyl groups is 1. The van der Waals surface area contributed by atoms with Crippen molar-refractivity contribution in [3.05, 3.63) is 59.7 Å². The second-order valence-electron chi connectivity index (χ2n) is 6.13. The molecule has 27 heavy (non-hydrogen) atoms. The Morgan fingerprint density at radius 3 is 2.00 bits per heavy atom. The Bertz CT molecular complexity index is 828. The predicted molar refractivity (Wildman–Crippen MR) is 108 cm³/mol. The molecular weight excluding hydrogens is 366 g/mol. The lowest BCUT2D eigenvalue weighted by atomic mass is 10.1. The average Bonchev–Trinajstić information content (AvgIpc) is 2.65. The molecule has 0 spiro atoms. The molecule has 2 aromatic rings. The molecule has 0 aliphatic rings. The van der Waals surface area contributed by atoms with Crippen molar-refractivity contribution in [2.75, 3.05) is 32.2 Å². The van der Waals surface area contributed by atoms with Gasteiger partial charge in [-0.2, -0.15) is 8.42 Å². The molecular formula is C20H25NO5S. The Morgan fingerprint density at radius 2 is 1.48 bits per heavy atom. The van der Waals surface area contributed by atoms with E-state index in [0.717, 1.165) is 16.8 Å². The van der Waals surface area contributed by atoms with Crippen molar-refractivity contribution >= 4 is 28.2 Å². The van der Waals surface area contributed by atoms with Crippen LogP contribution in [0.1, 0.15) is 24.0 Å². The minimum atomic E-state index is -4.10. The molecule has 0 saturated heterocycles. The van der Waals surface area contributed by atoms with E-state index in [0.29, 0.717) is 12.8 Å². The number of unbranched alkanes of at least 4 members (excludes halogenated alkanes) is 1. The molecule has 0 amide bonds. The summed E-state index contributed by atoms with van der Waals surface area (Å²) in [6, 6.07) is 14.8. The number of hydrogen-bond acceptors (Lipinski definition) is 6. The fraction of sp³-hybridized carbons (Fsp3) is 0.300. The van der Waals surface area contributed by atoms with Gasteiger partial charge in [-0.05, 0) is 48.2 Å². The van der Waals surface area contributed by atoms with Crippen LogP contribution < -0.4 is 9.08 Å². The van der Waals surface area contributed by atoms with Crippen LogP contribution in [0.5, 0.6) is 5.75 Å². The Balaban J connectivity index is 1.92. The van der Waals surface area contributed by atoms with Crippen molar-refractivity contribution in [3.8, 4) is 5.75 Å². The Hall–Kier alpha value is -2.35. The molecule has 0 fully saturated rings. The Kier molecular flexibility index (Phi) is 7.84. The standard InChI is InChI=1S/C20H25NO5S/c1-21(2)19-11-7-17(8-12-19)5-6-18-9-13-20(14-10-18)26-27(23,24)25-16-4-3-15-22/h5-14,22H,3-4,15-16H2,1-2H3/b6-5+. The summed E-state index contributed by atoms with van der Waals surface area (Å²) in [6.45, 7) is -0.0185. The predicted octanol–water partition coefficient (Wildman–Crippen LogP) is 3.34. The van der Waals surface area contributed by atoms with E-state index in [2.05, 4.69) is 0 Å². The Morgan fingerprint density at radius 1 is 0.926 bits per heavy atom. The van der Waals surface area contributed by atoms with Gasteiger partial charge in [0.15, 0.2) is 0 Å². The first-order valence-corrected chi connectivity index (χ1v) is 9.98. The minimum Gasteiger partial charge on any atom is -0.396 e. The molecule has 0 unspecified atom stereocenters. The molecule has 2 rings (SSSR count). The molecule has 0 saturated carbocycles. The summed E-state index contributed by atoms with van der Waals surface area (Å²) in [5, 5.41) is 8.66. The zero-order chi connectivity index (χ0) is 19.7. The first-order valence-electron chi connectivity index (χ1n) is 8.65. The third kappa shape index (κ3) is 7.42. The lowest BCUT2D eigenvalue weighted by molar-refractivity contribution is 0.239. The van der Waals surface area contributed by atoms with E-state index < -0.39 is 10.4 Å². The quantitative estimate of drug-likeness (QED) is 0.495. The van der Waals surface area contributed by atoms with E-state index in [9.17, 15) is 8.42 Å². The second-order valence-corrected chi connectivity index (χ2v) is 7.35. The summed E-state index contributed by atoms with van der Waals surface area (Å²) in [7, 11) is -0.108. The smallest absolute Gasteiger partial charge is 0.396 e. The third-order valence-electron chi connectivity index (χ3n) is 3.74. The normalized spacial score (nSPS) is 11.7. The maximum absolute atomic E-state index is 11.7. The van der Waals surface area contributed by atoms with Gasteiger partial charge < -0.3 is 14.2 Å². The number of benzene rings is 2. The van der Waals surface area contributed by atoms with E-state index in [1.807, 2.05) is 55.4 Å². The maximum atomic E-state index is 11.7. The van der Waals surface area contributed by atoms with Gasteiger partial charge in [-0.3, -0.25) is 0 Å². The molecule has 0 aliphatic heterocycles. The number of aliphatic hydroxyl groups excluding tert-OH is 1. The van der Waals surface area contributed by atoms with Crippen LogP contribution in [-0.4, -0.2) is 40.8 Å². The van der Waals surface area contributed by atoms with Gasteiger partial charge in [-0.1, -0.05) is 36.4 Å². The van der Waals surface area contributed by atoms with Gasteiger partial charge in [0, 0.05) is 26.4 Å². The van der Waals surface area contributed by atoms with Crippen LogP contribution in [-0.2, 0) is 14.6 Å². The average molecular weight is 391 g/mol. The molecule has 0 aromatic heterocycles. The zero-order valence-corrected chi connectivity index (χ0v) is 16.4. The molecule has 0 heterocycles.